The van der Waals surface area contributed by atoms with Gasteiger partial charge in [0.1, 0.15) is 19.3 Å². The molecule has 2 heterocycles. The zero-order chi connectivity index (χ0) is 55.7. The molecule has 16 nitrogen and oxygen atoms in total. The van der Waals surface area contributed by atoms with Gasteiger partial charge in [0.15, 0.2) is 23.0 Å². The number of benzene rings is 2. The first-order valence-electron chi connectivity index (χ1n) is 27.6. The molecule has 2 aliphatic heterocycles. The fourth-order valence-electron chi connectivity index (χ4n) is 9.73. The summed E-state index contributed by atoms with van der Waals surface area (Å²) in [6.45, 7) is 12.9. The number of β-amino-alcohol motifs (C(OH)–C–C–N with tert-alkyl or cyclic N) is 1. The number of nitrogens with one attached hydrogen (secondary N) is 1. The number of esters is 1. The summed E-state index contributed by atoms with van der Waals surface area (Å²) in [4.78, 5) is 38.0. The van der Waals surface area contributed by atoms with Crippen molar-refractivity contribution < 1.29 is 57.8 Å². The molecular weight excluding hydrogens is 1170 g/mol. The summed E-state index contributed by atoms with van der Waals surface area (Å²) in [5.74, 6) is 2.10. The molecule has 1 amide bonds. The topological polar surface area (TPSA) is 201 Å². The van der Waals surface area contributed by atoms with Crippen LogP contribution in [-0.4, -0.2) is 154 Å². The van der Waals surface area contributed by atoms with E-state index in [0.717, 1.165) is 107 Å². The van der Waals surface area contributed by atoms with E-state index < -0.39 is 5.97 Å². The summed E-state index contributed by atoms with van der Waals surface area (Å²) >= 11 is 0. The summed E-state index contributed by atoms with van der Waals surface area (Å²) in [7, 11) is 14.4. The summed E-state index contributed by atoms with van der Waals surface area (Å²) in [6, 6.07) is 12.9. The highest BCUT2D eigenvalue weighted by atomic mass is 35.5. The van der Waals surface area contributed by atoms with Crippen molar-refractivity contribution in [1.82, 2.24) is 15.1 Å². The molecule has 4 fully saturated rings. The number of ether oxygens (including phenoxy) is 7. The van der Waals surface area contributed by atoms with Crippen LogP contribution >= 0.6 is 74.5 Å². The molecule has 2 saturated heterocycles. The molecule has 4 aliphatic rings. The number of carbonyl (C=O) groups is 3. The van der Waals surface area contributed by atoms with Crippen LogP contribution in [0.3, 0.4) is 0 Å². The number of nitrogens with zero attached hydrogens (tertiary/aromatic N) is 2. The van der Waals surface area contributed by atoms with E-state index >= 15 is 0 Å². The Morgan fingerprint density at radius 3 is 1.57 bits per heavy atom. The van der Waals surface area contributed by atoms with Gasteiger partial charge in [-0.05, 0) is 120 Å². The van der Waals surface area contributed by atoms with Crippen LogP contribution in [0.4, 0.5) is 0 Å². The Hall–Kier alpha value is -1.03. The third-order valence-corrected chi connectivity index (χ3v) is 34.9. The van der Waals surface area contributed by atoms with Crippen molar-refractivity contribution in [2.24, 2.45) is 5.73 Å². The SMILES string of the molecule is C.CCCC(=O)NCCOc1ccc(CCOC2CCCCC2N2CC[C@@H](OC(=O)CCC)C2)cc1OC.CCCC(=O)O.COc1cc(CCOC2CCCCC2N2CC[C@@H](O)C2)ccc1OCCN.Cl.Cl.PP(P)P(P)P. The lowest BCUT2D eigenvalue weighted by Gasteiger charge is -2.37. The highest BCUT2D eigenvalue weighted by Crippen LogP contribution is 2.86. The van der Waals surface area contributed by atoms with Crippen LogP contribution in [0.25, 0.3) is 0 Å². The zero-order valence-electron chi connectivity index (χ0n) is 47.2. The van der Waals surface area contributed by atoms with Gasteiger partial charge in [0.25, 0.3) is 0 Å². The number of hydrogen-bond donors (Lipinski definition) is 4. The van der Waals surface area contributed by atoms with Crippen molar-refractivity contribution in [3.63, 3.8) is 0 Å². The number of rotatable bonds is 27. The molecule has 24 heteroatoms. The Labute approximate surface area is 499 Å². The van der Waals surface area contributed by atoms with Crippen LogP contribution in [0.15, 0.2) is 36.4 Å². The number of likely N-dealkylation sites (tertiary alicyclic amines) is 2. The Morgan fingerprint density at radius 1 is 0.658 bits per heavy atom. The van der Waals surface area contributed by atoms with Gasteiger partial charge in [-0.25, -0.2) is 0 Å². The number of hydrogen-bond acceptors (Lipinski definition) is 14. The minimum atomic E-state index is -0.711. The molecule has 79 heavy (non-hydrogen) atoms. The second-order valence-electron chi connectivity index (χ2n) is 19.6. The van der Waals surface area contributed by atoms with E-state index in [0.29, 0.717) is 82.4 Å². The molecule has 458 valence electrons. The van der Waals surface area contributed by atoms with Gasteiger partial charge in [0.05, 0.1) is 52.3 Å². The van der Waals surface area contributed by atoms with Gasteiger partial charge in [-0.15, -0.1) is 60.5 Å². The number of aliphatic carboxylic acids is 1. The Bertz CT molecular complexity index is 1940. The molecular formula is C55H102Cl2N4O12P6. The van der Waals surface area contributed by atoms with E-state index in [1.54, 1.807) is 14.2 Å². The first kappa shape index (κ1) is 78.0. The van der Waals surface area contributed by atoms with E-state index in [-0.39, 0.29) is 82.5 Å². The quantitative estimate of drug-likeness (QED) is 0.0374. The van der Waals surface area contributed by atoms with Crippen molar-refractivity contribution >= 4 is 92.3 Å². The summed E-state index contributed by atoms with van der Waals surface area (Å²) in [6.07, 6.45) is 16.9. The average molecular weight is 1270 g/mol. The number of aliphatic hydroxyl groups is 1. The molecule has 2 aromatic rings. The molecule has 0 bridgehead atoms. The maximum Gasteiger partial charge on any atom is 0.306 e. The highest BCUT2D eigenvalue weighted by molar-refractivity contribution is 8.92. The number of nitrogens with two attached hydrogens (primary N) is 1. The molecule has 5 N–H and O–H groups in total. The summed E-state index contributed by atoms with van der Waals surface area (Å²) in [5, 5.41) is 20.6. The maximum atomic E-state index is 11.9. The monoisotopic (exact) mass is 1270 g/mol. The minimum absolute atomic E-state index is 0. The second-order valence-corrected chi connectivity index (χ2v) is 39.3. The predicted molar refractivity (Wildman–Crippen MR) is 345 cm³/mol. The number of aliphatic hydroxyl groups excluding tert-OH is 1. The van der Waals surface area contributed by atoms with Gasteiger partial charge < -0.3 is 54.4 Å². The van der Waals surface area contributed by atoms with Crippen molar-refractivity contribution in [3.05, 3.63) is 47.5 Å². The molecule has 0 radical (unpaired) electrons. The van der Waals surface area contributed by atoms with Gasteiger partial charge >= 0.3 is 11.9 Å². The normalized spacial score (nSPS) is 20.7. The first-order chi connectivity index (χ1) is 36.7. The standard InChI is InChI=1S/C29H46N2O6.C21H34N2O4.C4H8O2.CH4.2ClH.H8P6/c1-4-8-28(32)30-16-19-36-26-13-12-22(20-27(26)34-3)15-18-35-25-11-7-6-10-24(25)31-17-14-23(21-31)37-29(33)9-5-2;1-25-21-14-16(6-7-20(21)27-13-10-22)9-12-26-19-5-3-2-4-18(19)23-11-8-17(24)15-23;1-2-3-4(5)6;;;;1-5(2)6(3)4/h12-13,20,23-25H,4-11,14-19,21H2,1-3H3,(H,30,32);6-7,14,17-19,24H,2-5,8-13,15,22H2,1H3;2-3H2,1H3,(H,5,6);1H4;2*1H;1-4H2/t23-,24?,25?;17-,18?,19?;;;;;/m11...../s1. The smallest absolute Gasteiger partial charge is 0.306 e. The minimum Gasteiger partial charge on any atom is -0.493 e. The van der Waals surface area contributed by atoms with Crippen LogP contribution < -0.4 is 30.0 Å². The molecule has 8 unspecified atom stereocenters. The molecule has 2 saturated carbocycles. The average Bonchev–Trinajstić information content (AvgIpc) is 4.07. The third-order valence-electron chi connectivity index (χ3n) is 13.6. The Balaban J connectivity index is 0.00000127. The number of halogens is 2. The van der Waals surface area contributed by atoms with Crippen LogP contribution in [0, 0.1) is 0 Å². The van der Waals surface area contributed by atoms with Crippen molar-refractivity contribution in [2.45, 2.75) is 180 Å². The number of methoxy groups -OCH3 is 2. The van der Waals surface area contributed by atoms with Gasteiger partial charge in [-0.1, -0.05) is 66.0 Å². The van der Waals surface area contributed by atoms with Crippen LogP contribution in [-0.2, 0) is 41.4 Å². The second kappa shape index (κ2) is 46.3. The largest absolute Gasteiger partial charge is 0.493 e. The number of carbonyl (C=O) groups excluding carboxylic acids is 2. The van der Waals surface area contributed by atoms with Crippen molar-refractivity contribution in [1.29, 1.82) is 0 Å². The zero-order valence-corrected chi connectivity index (χ0v) is 55.2. The molecule has 10 atom stereocenters. The number of amides is 1. The first-order valence-corrected chi connectivity index (χ1v) is 37.5. The summed E-state index contributed by atoms with van der Waals surface area (Å²) in [5.41, 5.74) is 7.81. The van der Waals surface area contributed by atoms with Gasteiger partial charge in [0, 0.05) is 64.1 Å². The van der Waals surface area contributed by atoms with E-state index in [2.05, 4.69) is 56.9 Å². The van der Waals surface area contributed by atoms with E-state index in [9.17, 15) is 19.5 Å². The molecule has 6 rings (SSSR count). The van der Waals surface area contributed by atoms with Crippen molar-refractivity contribution in [2.75, 3.05) is 79.9 Å². The lowest BCUT2D eigenvalue weighted by atomic mass is 9.91. The van der Waals surface area contributed by atoms with Crippen LogP contribution in [0.2, 0.25) is 0 Å². The Morgan fingerprint density at radius 2 is 1.14 bits per heavy atom. The number of carboxylic acid groups (broad SMARTS) is 1. The lowest BCUT2D eigenvalue weighted by molar-refractivity contribution is -0.148. The van der Waals surface area contributed by atoms with E-state index in [4.69, 9.17) is 44.0 Å². The van der Waals surface area contributed by atoms with Gasteiger partial charge in [0.2, 0.25) is 5.91 Å². The fraction of sp³-hybridized carbons (Fsp3) is 0.727. The van der Waals surface area contributed by atoms with E-state index in [1.807, 2.05) is 51.1 Å². The maximum absolute atomic E-state index is 11.9. The van der Waals surface area contributed by atoms with Crippen molar-refractivity contribution in [3.8, 4) is 23.0 Å². The van der Waals surface area contributed by atoms with Crippen LogP contribution in [0.1, 0.15) is 142 Å². The Kier molecular flexibility index (Phi) is 45.7. The van der Waals surface area contributed by atoms with Gasteiger partial charge in [-0.3, -0.25) is 24.2 Å². The third kappa shape index (κ3) is 31.6. The predicted octanol–water partition coefficient (Wildman–Crippen LogP) is 11.6. The van der Waals surface area contributed by atoms with Gasteiger partial charge in [-0.2, -0.15) is 0 Å². The number of carboxylic acids is 1. The highest BCUT2D eigenvalue weighted by Gasteiger charge is 2.37. The van der Waals surface area contributed by atoms with E-state index in [1.165, 1.54) is 37.7 Å². The lowest BCUT2D eigenvalue weighted by Crippen LogP contribution is -2.46. The fourth-order valence-corrected chi connectivity index (χ4v) is 9.73. The molecule has 0 spiro atoms. The molecule has 0 aromatic heterocycles. The molecule has 2 aliphatic carbocycles. The molecule has 2 aromatic carbocycles. The van der Waals surface area contributed by atoms with Crippen LogP contribution in [0.5, 0.6) is 23.0 Å². The summed E-state index contributed by atoms with van der Waals surface area (Å²) < 4.78 is 40.8.